The van der Waals surface area contributed by atoms with Crippen LogP contribution in [-0.2, 0) is 101 Å². The molecule has 19 atom stereocenters. The normalized spacial score (nSPS) is 19.0. The molecular formula is C82H142N28O25S. The van der Waals surface area contributed by atoms with E-state index in [0.29, 0.717) is 25.7 Å². The Labute approximate surface area is 791 Å². The molecule has 766 valence electrons. The van der Waals surface area contributed by atoms with Gasteiger partial charge in [0.25, 0.3) is 0 Å². The second-order valence-electron chi connectivity index (χ2n) is 34.1. The summed E-state index contributed by atoms with van der Waals surface area (Å²) < 4.78 is 0. The van der Waals surface area contributed by atoms with Crippen molar-refractivity contribution in [2.24, 2.45) is 68.1 Å². The Balaban J connectivity index is 1.60. The van der Waals surface area contributed by atoms with Crippen LogP contribution in [0.15, 0.2) is 4.99 Å². The van der Waals surface area contributed by atoms with Gasteiger partial charge in [-0.2, -0.15) is 12.6 Å². The van der Waals surface area contributed by atoms with E-state index in [2.05, 4.69) is 81.4 Å². The molecule has 0 unspecified atom stereocenters. The molecule has 53 nitrogen and oxygen atoms in total. The van der Waals surface area contributed by atoms with E-state index < -0.39 is 297 Å². The molecular weight excluding hydrogens is 1810 g/mol. The van der Waals surface area contributed by atoms with Gasteiger partial charge in [0.05, 0.1) is 31.7 Å². The summed E-state index contributed by atoms with van der Waals surface area (Å²) in [6, 6.07) is -26.7. The van der Waals surface area contributed by atoms with Gasteiger partial charge in [-0.1, -0.05) is 0 Å². The van der Waals surface area contributed by atoms with Gasteiger partial charge in [-0.25, -0.2) is 4.79 Å². The summed E-state index contributed by atoms with van der Waals surface area (Å²) in [6.45, 7) is 1.77. The summed E-state index contributed by atoms with van der Waals surface area (Å²) in [7, 11) is 0. The van der Waals surface area contributed by atoms with Crippen molar-refractivity contribution >= 4 is 143 Å². The van der Waals surface area contributed by atoms with Gasteiger partial charge < -0.3 is 167 Å². The molecule has 4 saturated heterocycles. The third-order valence-electron chi connectivity index (χ3n) is 23.3. The number of hydrogen-bond acceptors (Lipinski definition) is 31. The van der Waals surface area contributed by atoms with E-state index in [4.69, 9.17) is 63.1 Å². The number of nitrogens with zero attached hydrogens (tertiary/aromatic N) is 5. The number of nitrogens with one attached hydrogen (secondary N) is 12. The maximum absolute atomic E-state index is 15.0. The predicted molar refractivity (Wildman–Crippen MR) is 488 cm³/mol. The van der Waals surface area contributed by atoms with Crippen LogP contribution >= 0.6 is 12.6 Å². The molecule has 0 aromatic rings. The number of aliphatic hydroxyl groups excluding tert-OH is 3. The molecule has 0 spiro atoms. The van der Waals surface area contributed by atoms with Crippen LogP contribution in [-0.4, -0.2) is 356 Å². The molecule has 4 rings (SSSR count). The highest BCUT2D eigenvalue weighted by molar-refractivity contribution is 7.80. The first-order valence-electron chi connectivity index (χ1n) is 45.8. The molecule has 4 aliphatic heterocycles. The first-order chi connectivity index (χ1) is 64.4. The fourth-order valence-corrected chi connectivity index (χ4v) is 16.2. The fourth-order valence-electron chi connectivity index (χ4n) is 16.0. The Morgan fingerprint density at radius 1 is 0.353 bits per heavy atom. The minimum Gasteiger partial charge on any atom is -0.480 e. The van der Waals surface area contributed by atoms with Crippen LogP contribution in [0.2, 0.25) is 0 Å². The second-order valence-corrected chi connectivity index (χ2v) is 34.4. The Hall–Kier alpha value is -11.8. The summed E-state index contributed by atoms with van der Waals surface area (Å²) in [5.41, 5.74) is 62.3. The number of likely N-dealkylation sites (tertiary alicyclic amines) is 4. The number of carboxylic acid groups (broad SMARTS) is 1. The zero-order valence-corrected chi connectivity index (χ0v) is 77.8. The molecule has 20 amide bonds. The summed E-state index contributed by atoms with van der Waals surface area (Å²) in [6.07, 6.45) is -5.29. The van der Waals surface area contributed by atoms with E-state index in [0.717, 1.165) is 13.8 Å². The third-order valence-corrected chi connectivity index (χ3v) is 23.7. The van der Waals surface area contributed by atoms with Gasteiger partial charge in [-0.15, -0.1) is 0 Å². The quantitative estimate of drug-likeness (QED) is 0.0116. The molecule has 0 aromatic carbocycles. The number of unbranched alkanes of at least 4 members (excludes halogenated alkanes) is 4. The molecule has 0 aromatic heterocycles. The number of rotatable bonds is 63. The standard InChI is InChI=1S/C82H142N28O25S/c1-42(112)63(106-76(129)64(43(2)113)105-74(127)57-23-13-35-108(57)77(130)49(17-4-8-30-84)99-65(118)44(87)40-111)75(128)98-45(16-3-7-29-83)66(119)96-47(25-27-59(88)114)68(121)95-46(20-11-33-94-82(92)93)67(120)97-48(26-28-60(89)115)69(122)102-52(38-61(90)116)70(123)101-51(19-6-10-32-86)79(132)110-37-15-24-58(110)80(133)109-36-14-22-56(109)72(125)103-53(39-62(91)117)71(124)100-50(18-5-9-31-85)78(131)107-34-12-21-55(107)73(126)104-54(41-136)81(134)135/h42-58,63-64,111-113,136H,3-41,83-87H2,1-2H3,(H2,88,114)(H2,89,115)(H2,90,116)(H2,91,117)(H,95,121)(H,96,119)(H,97,120)(H,98,128)(H,99,118)(H,100,124)(H,101,123)(H,102,122)(H,103,125)(H,104,126)(H,105,127)(H,106,129)(H,134,135)(H4,92,93,94)/t42-,43-,44+,45+,46+,47+,48+,49+,50+,51+,52+,53+,54+,55+,56+,57+,58+,63+,64+/m1/s1. The van der Waals surface area contributed by atoms with Crippen LogP contribution in [0, 0.1) is 0 Å². The number of amides is 20. The molecule has 0 radical (unpaired) electrons. The van der Waals surface area contributed by atoms with Gasteiger partial charge in [-0.05, 0) is 194 Å². The lowest BCUT2D eigenvalue weighted by molar-refractivity contribution is -0.148. The number of carbonyl (C=O) groups is 21. The summed E-state index contributed by atoms with van der Waals surface area (Å²) in [5.74, 6) is -22.5. The highest BCUT2D eigenvalue weighted by atomic mass is 32.1. The maximum atomic E-state index is 15.0. The Morgan fingerprint density at radius 3 is 1.01 bits per heavy atom. The highest BCUT2D eigenvalue weighted by Crippen LogP contribution is 2.29. The van der Waals surface area contributed by atoms with Crippen LogP contribution in [0.3, 0.4) is 0 Å². The Bertz CT molecular complexity index is 4150. The number of carbonyl (C=O) groups excluding carboxylic acids is 20. The summed E-state index contributed by atoms with van der Waals surface area (Å²) in [5, 5.41) is 70.2. The van der Waals surface area contributed by atoms with Crippen LogP contribution in [0.5, 0.6) is 0 Å². The molecule has 4 aliphatic rings. The number of aliphatic carboxylic acids is 1. The zero-order chi connectivity index (χ0) is 102. The molecule has 136 heavy (non-hydrogen) atoms. The molecule has 0 bridgehead atoms. The Kier molecular flexibility index (Phi) is 51.3. The highest BCUT2D eigenvalue weighted by Gasteiger charge is 2.48. The van der Waals surface area contributed by atoms with E-state index in [9.17, 15) is 116 Å². The van der Waals surface area contributed by atoms with Crippen LogP contribution in [0.25, 0.3) is 0 Å². The van der Waals surface area contributed by atoms with Gasteiger partial charge in [0.2, 0.25) is 118 Å². The molecule has 4 fully saturated rings. The van der Waals surface area contributed by atoms with Crippen molar-refractivity contribution < 1.29 is 121 Å². The zero-order valence-electron chi connectivity index (χ0n) is 76.9. The number of aliphatic hydroxyl groups is 3. The lowest BCUT2D eigenvalue weighted by Gasteiger charge is -2.34. The van der Waals surface area contributed by atoms with Crippen molar-refractivity contribution in [2.45, 2.75) is 309 Å². The van der Waals surface area contributed by atoms with Crippen molar-refractivity contribution in [2.75, 3.05) is 71.3 Å². The van der Waals surface area contributed by atoms with Gasteiger partial charge in [0, 0.05) is 51.3 Å². The maximum Gasteiger partial charge on any atom is 0.327 e. The number of aliphatic imine (C=N–C) groups is 1. The van der Waals surface area contributed by atoms with Gasteiger partial charge >= 0.3 is 5.97 Å². The van der Waals surface area contributed by atoms with E-state index in [-0.39, 0.29) is 174 Å². The van der Waals surface area contributed by atoms with Crippen molar-refractivity contribution in [3.8, 4) is 0 Å². The van der Waals surface area contributed by atoms with Crippen LogP contribution < -0.4 is 127 Å². The molecule has 54 heteroatoms. The number of nitrogens with two attached hydrogens (primary N) is 11. The SMILES string of the molecule is C[C@@H](O)[C@H](NC(=O)[C@@H](NC(=O)[C@@H]1CCCN1C(=O)[C@H](CCCCN)NC(=O)[C@@H](N)CO)[C@@H](C)O)C(=O)N[C@@H](CCCCN)C(=O)N[C@@H](CCC(N)=O)C(=O)N[C@@H](CCCN=C(N)N)C(=O)N[C@@H](CCC(N)=O)C(=O)N[C@@H](CC(N)=O)C(=O)N[C@@H](CCCCN)C(=O)N1CCC[C@H]1C(=O)N1CCC[C@H]1C(=O)N[C@@H](CC(N)=O)C(=O)N[C@@H](CCCCN)C(=O)N1CCC[C@H]1C(=O)N[C@@H](CS)C(=O)O. The first-order valence-corrected chi connectivity index (χ1v) is 46.5. The second kappa shape index (κ2) is 59.9. The largest absolute Gasteiger partial charge is 0.480 e. The monoisotopic (exact) mass is 1950 g/mol. The number of hydrogen-bond donors (Lipinski definition) is 28. The van der Waals surface area contributed by atoms with Crippen molar-refractivity contribution in [3.05, 3.63) is 0 Å². The van der Waals surface area contributed by atoms with E-state index in [1.54, 1.807) is 0 Å². The number of primary amides is 4. The fraction of sp³-hybridized carbons (Fsp3) is 0.732. The van der Waals surface area contributed by atoms with Crippen LogP contribution in [0.4, 0.5) is 0 Å². The van der Waals surface area contributed by atoms with Gasteiger partial charge in [0.15, 0.2) is 5.96 Å². The third kappa shape index (κ3) is 38.0. The number of guanidine groups is 1. The molecule has 0 saturated carbocycles. The van der Waals surface area contributed by atoms with E-state index >= 15 is 4.79 Å². The van der Waals surface area contributed by atoms with Gasteiger partial charge in [0.1, 0.15) is 103 Å². The number of thiol groups is 1. The van der Waals surface area contributed by atoms with Crippen molar-refractivity contribution in [1.29, 1.82) is 0 Å². The molecule has 38 N–H and O–H groups in total. The van der Waals surface area contributed by atoms with Crippen molar-refractivity contribution in [1.82, 2.24) is 83.4 Å². The minimum atomic E-state index is -2.00. The summed E-state index contributed by atoms with van der Waals surface area (Å²) in [4.78, 5) is 300. The molecule has 0 aliphatic carbocycles. The van der Waals surface area contributed by atoms with Crippen LogP contribution in [0.1, 0.15) is 194 Å². The predicted octanol–water partition coefficient (Wildman–Crippen LogP) is -13.3. The number of carboxylic acids is 1. The lowest BCUT2D eigenvalue weighted by atomic mass is 10.0. The summed E-state index contributed by atoms with van der Waals surface area (Å²) >= 11 is 4.00. The smallest absolute Gasteiger partial charge is 0.327 e. The first kappa shape index (κ1) is 116. The van der Waals surface area contributed by atoms with E-state index in [1.165, 1.54) is 19.6 Å². The van der Waals surface area contributed by atoms with Gasteiger partial charge in [-0.3, -0.25) is 101 Å². The average molecular weight is 1950 g/mol. The average Bonchev–Trinajstić information content (AvgIpc) is 1.57. The van der Waals surface area contributed by atoms with E-state index in [1.807, 2.05) is 0 Å². The molecule has 4 heterocycles. The lowest BCUT2D eigenvalue weighted by Crippen LogP contribution is -2.63. The minimum absolute atomic E-state index is 0.00993. The topological polar surface area (TPSA) is 895 Å². The van der Waals surface area contributed by atoms with Crippen molar-refractivity contribution in [3.63, 3.8) is 0 Å². The Morgan fingerprint density at radius 2 is 0.647 bits per heavy atom.